The van der Waals surface area contributed by atoms with E-state index in [1.54, 1.807) is 7.11 Å². The Morgan fingerprint density at radius 3 is 2.09 bits per heavy atom. The van der Waals surface area contributed by atoms with Crippen LogP contribution in [0.25, 0.3) is 0 Å². The van der Waals surface area contributed by atoms with E-state index in [0.717, 1.165) is 11.3 Å². The fourth-order valence-electron chi connectivity index (χ4n) is 2.55. The van der Waals surface area contributed by atoms with Gasteiger partial charge in [-0.25, -0.2) is 0 Å². The lowest BCUT2D eigenvalue weighted by molar-refractivity contribution is 0.00578. The largest absolute Gasteiger partial charge is 0.496 e. The first kappa shape index (κ1) is 17.3. The van der Waals surface area contributed by atoms with Gasteiger partial charge in [-0.1, -0.05) is 26.0 Å². The van der Waals surface area contributed by atoms with Gasteiger partial charge in [0.15, 0.2) is 0 Å². The molecule has 2 N–H and O–H groups in total. The van der Waals surface area contributed by atoms with Crippen molar-refractivity contribution in [1.82, 2.24) is 0 Å². The Morgan fingerprint density at radius 1 is 1.09 bits per heavy atom. The van der Waals surface area contributed by atoms with Gasteiger partial charge in [0.2, 0.25) is 0 Å². The van der Waals surface area contributed by atoms with Crippen LogP contribution in [0, 0.1) is 0 Å². The molecule has 1 saturated heterocycles. The Labute approximate surface area is 134 Å². The molecule has 0 radical (unpaired) electrons. The molecule has 1 fully saturated rings. The Kier molecular flexibility index (Phi) is 4.62. The molecule has 5 heteroatoms. The quantitative estimate of drug-likeness (QED) is 0.866. The highest BCUT2D eigenvalue weighted by Gasteiger charge is 2.53. The number of ether oxygens (including phenoxy) is 1. The molecule has 1 aromatic carbocycles. The minimum atomic E-state index is -0.485. The summed E-state index contributed by atoms with van der Waals surface area (Å²) >= 11 is 0. The molecule has 22 heavy (non-hydrogen) atoms. The summed E-state index contributed by atoms with van der Waals surface area (Å²) < 4.78 is 17.6. The lowest BCUT2D eigenvalue weighted by Gasteiger charge is -2.32. The second-order valence-electron chi connectivity index (χ2n) is 7.31. The molecule has 0 spiro atoms. The standard InChI is InChI=1S/C17H28BNO3/c1-11(2)12-8-9-14(20-7)13(10-12)15(19)18-21-16(3,4)17(5,6)22-18/h8-11,15H,19H2,1-7H3/t15-/m0/s1. The van der Waals surface area contributed by atoms with Crippen molar-refractivity contribution < 1.29 is 14.0 Å². The van der Waals surface area contributed by atoms with E-state index in [-0.39, 0.29) is 0 Å². The molecule has 1 aliphatic heterocycles. The Bertz CT molecular complexity index is 527. The van der Waals surface area contributed by atoms with Gasteiger partial charge < -0.3 is 19.8 Å². The van der Waals surface area contributed by atoms with E-state index in [0.29, 0.717) is 5.92 Å². The number of methoxy groups -OCH3 is 1. The number of hydrogen-bond donors (Lipinski definition) is 1. The molecule has 0 bridgehead atoms. The number of rotatable bonds is 4. The molecule has 4 nitrogen and oxygen atoms in total. The molecule has 0 aromatic heterocycles. The van der Waals surface area contributed by atoms with Crippen LogP contribution in [-0.4, -0.2) is 25.4 Å². The van der Waals surface area contributed by atoms with Crippen molar-refractivity contribution in [1.29, 1.82) is 0 Å². The van der Waals surface area contributed by atoms with Crippen LogP contribution in [0.3, 0.4) is 0 Å². The molecular formula is C17H28BNO3. The summed E-state index contributed by atoms with van der Waals surface area (Å²) in [5.74, 6) is 0.802. The highest BCUT2D eigenvalue weighted by molar-refractivity contribution is 6.47. The van der Waals surface area contributed by atoms with Gasteiger partial charge in [-0.15, -0.1) is 0 Å². The summed E-state index contributed by atoms with van der Waals surface area (Å²) in [7, 11) is 1.17. The monoisotopic (exact) mass is 305 g/mol. The van der Waals surface area contributed by atoms with Gasteiger partial charge in [0, 0.05) is 5.56 Å². The van der Waals surface area contributed by atoms with Crippen LogP contribution in [-0.2, 0) is 9.31 Å². The zero-order valence-electron chi connectivity index (χ0n) is 14.8. The van der Waals surface area contributed by atoms with E-state index in [2.05, 4.69) is 26.0 Å². The van der Waals surface area contributed by atoms with Crippen LogP contribution in [0.4, 0.5) is 0 Å². The number of nitrogens with two attached hydrogens (primary N) is 1. The van der Waals surface area contributed by atoms with Crippen molar-refractivity contribution in [3.63, 3.8) is 0 Å². The minimum Gasteiger partial charge on any atom is -0.496 e. The van der Waals surface area contributed by atoms with E-state index < -0.39 is 24.3 Å². The van der Waals surface area contributed by atoms with Crippen molar-refractivity contribution in [3.05, 3.63) is 29.3 Å². The second-order valence-corrected chi connectivity index (χ2v) is 7.31. The van der Waals surface area contributed by atoms with Gasteiger partial charge in [-0.2, -0.15) is 0 Å². The molecular weight excluding hydrogens is 277 g/mol. The summed E-state index contributed by atoms with van der Waals surface area (Å²) in [5.41, 5.74) is 7.82. The normalized spacial score (nSPS) is 21.2. The average molecular weight is 305 g/mol. The third-order valence-corrected chi connectivity index (χ3v) is 4.84. The Balaban J connectivity index is 2.33. The molecule has 0 aliphatic carbocycles. The van der Waals surface area contributed by atoms with Crippen LogP contribution < -0.4 is 10.5 Å². The van der Waals surface area contributed by atoms with E-state index >= 15 is 0 Å². The molecule has 0 saturated carbocycles. The fraction of sp³-hybridized carbons (Fsp3) is 0.647. The maximum atomic E-state index is 6.46. The highest BCUT2D eigenvalue weighted by atomic mass is 16.7. The second kappa shape index (κ2) is 5.87. The van der Waals surface area contributed by atoms with Crippen LogP contribution >= 0.6 is 0 Å². The van der Waals surface area contributed by atoms with E-state index in [9.17, 15) is 0 Å². The first-order valence-electron chi connectivity index (χ1n) is 7.88. The molecule has 0 amide bonds. The van der Waals surface area contributed by atoms with Crippen molar-refractivity contribution in [3.8, 4) is 5.75 Å². The third kappa shape index (κ3) is 3.03. The number of benzene rings is 1. The van der Waals surface area contributed by atoms with Gasteiger partial charge in [0.1, 0.15) is 5.75 Å². The fourth-order valence-corrected chi connectivity index (χ4v) is 2.55. The van der Waals surface area contributed by atoms with Crippen molar-refractivity contribution in [2.75, 3.05) is 7.11 Å². The van der Waals surface area contributed by atoms with Gasteiger partial charge in [-0.3, -0.25) is 0 Å². The first-order chi connectivity index (χ1) is 10.1. The van der Waals surface area contributed by atoms with Crippen molar-refractivity contribution in [2.45, 2.75) is 64.6 Å². The van der Waals surface area contributed by atoms with E-state index in [1.165, 1.54) is 5.56 Å². The van der Waals surface area contributed by atoms with Gasteiger partial charge in [0.25, 0.3) is 0 Å². The van der Waals surface area contributed by atoms with Gasteiger partial charge >= 0.3 is 7.12 Å². The topological polar surface area (TPSA) is 53.7 Å². The molecule has 122 valence electrons. The molecule has 1 heterocycles. The summed E-state index contributed by atoms with van der Waals surface area (Å²) in [6.45, 7) is 12.4. The van der Waals surface area contributed by atoms with E-state index in [1.807, 2.05) is 33.8 Å². The Morgan fingerprint density at radius 2 is 1.64 bits per heavy atom. The summed E-state index contributed by atoms with van der Waals surface area (Å²) in [6, 6.07) is 6.14. The molecule has 2 rings (SSSR count). The minimum absolute atomic E-state index is 0.391. The van der Waals surface area contributed by atoms with Crippen molar-refractivity contribution >= 4 is 7.12 Å². The van der Waals surface area contributed by atoms with Crippen LogP contribution in [0.15, 0.2) is 18.2 Å². The van der Waals surface area contributed by atoms with Crippen LogP contribution in [0.5, 0.6) is 5.75 Å². The average Bonchev–Trinajstić information content (AvgIpc) is 2.65. The SMILES string of the molecule is COc1ccc(C(C)C)cc1[C@H](N)B1OC(C)(C)C(C)(C)O1. The molecule has 0 unspecified atom stereocenters. The maximum Gasteiger partial charge on any atom is 0.480 e. The summed E-state index contributed by atoms with van der Waals surface area (Å²) in [5, 5.41) is 0. The van der Waals surface area contributed by atoms with Crippen molar-refractivity contribution in [2.24, 2.45) is 5.73 Å². The third-order valence-electron chi connectivity index (χ3n) is 4.84. The smallest absolute Gasteiger partial charge is 0.480 e. The Hall–Kier alpha value is -1.04. The zero-order chi connectivity index (χ0) is 16.7. The van der Waals surface area contributed by atoms with E-state index in [4.69, 9.17) is 19.8 Å². The lowest BCUT2D eigenvalue weighted by Crippen LogP contribution is -2.41. The lowest BCUT2D eigenvalue weighted by atomic mass is 9.74. The predicted octanol–water partition coefficient (Wildman–Crippen LogP) is 3.45. The maximum absolute atomic E-state index is 6.46. The van der Waals surface area contributed by atoms with Gasteiger partial charge in [-0.05, 0) is 45.2 Å². The first-order valence-corrected chi connectivity index (χ1v) is 7.88. The highest BCUT2D eigenvalue weighted by Crippen LogP contribution is 2.41. The number of hydrogen-bond acceptors (Lipinski definition) is 4. The summed E-state index contributed by atoms with van der Waals surface area (Å²) in [4.78, 5) is 0. The predicted molar refractivity (Wildman–Crippen MR) is 90.1 cm³/mol. The molecule has 1 aliphatic rings. The molecule has 1 aromatic rings. The van der Waals surface area contributed by atoms with Crippen LogP contribution in [0.2, 0.25) is 0 Å². The van der Waals surface area contributed by atoms with Gasteiger partial charge in [0.05, 0.1) is 24.3 Å². The molecule has 1 atom stereocenters. The zero-order valence-corrected chi connectivity index (χ0v) is 14.8. The van der Waals surface area contributed by atoms with Crippen LogP contribution in [0.1, 0.15) is 64.5 Å². The summed E-state index contributed by atoms with van der Waals surface area (Å²) in [6.07, 6.45) is 0.